The molecule has 28 heavy (non-hydrogen) atoms. The Morgan fingerprint density at radius 3 is 2.46 bits per heavy atom. The first-order chi connectivity index (χ1) is 13.5. The molecule has 1 heterocycles. The lowest BCUT2D eigenvalue weighted by atomic mass is 9.68. The van der Waals surface area contributed by atoms with Crippen LogP contribution in [0.15, 0.2) is 42.6 Å². The molecule has 1 N–H and O–H groups in total. The molecular weight excluding hydrogens is 358 g/mol. The number of anilines is 1. The Morgan fingerprint density at radius 1 is 1.18 bits per heavy atom. The maximum absolute atomic E-state index is 13.3. The molecule has 0 aliphatic heterocycles. The third-order valence-electron chi connectivity index (χ3n) is 5.22. The zero-order chi connectivity index (χ0) is 20.0. The van der Waals surface area contributed by atoms with Crippen molar-refractivity contribution in [3.8, 4) is 5.88 Å². The average molecular weight is 383 g/mol. The van der Waals surface area contributed by atoms with E-state index in [4.69, 9.17) is 4.74 Å². The third kappa shape index (κ3) is 4.30. The number of ether oxygens (including phenoxy) is 1. The molecule has 2 aromatic rings. The van der Waals surface area contributed by atoms with Crippen LogP contribution in [0.2, 0.25) is 0 Å². The number of aromatic nitrogens is 1. The van der Waals surface area contributed by atoms with Crippen molar-refractivity contribution in [1.82, 2.24) is 4.98 Å². The van der Waals surface area contributed by atoms with Crippen LogP contribution in [0.25, 0.3) is 0 Å². The van der Waals surface area contributed by atoms with Crippen LogP contribution in [0.3, 0.4) is 0 Å². The summed E-state index contributed by atoms with van der Waals surface area (Å²) in [5.74, 6) is 0.438. The van der Waals surface area contributed by atoms with Gasteiger partial charge in [-0.25, -0.2) is 4.98 Å². The Balaban J connectivity index is 1.80. The predicted molar refractivity (Wildman–Crippen MR) is 107 cm³/mol. The zero-order valence-corrected chi connectivity index (χ0v) is 16.0. The molecule has 0 spiro atoms. The predicted octanol–water partition coefficient (Wildman–Crippen LogP) is 4.62. The fourth-order valence-electron chi connectivity index (χ4n) is 3.70. The number of non-ortho nitro benzene ring substituents is 1. The molecule has 0 atom stereocenters. The molecule has 1 fully saturated rings. The van der Waals surface area contributed by atoms with Gasteiger partial charge in [0, 0.05) is 18.2 Å². The van der Waals surface area contributed by atoms with Gasteiger partial charge in [0.1, 0.15) is 0 Å². The standard InChI is InChI=1S/C21H25N3O4/c1-2-14-28-19-11-8-17(15-22-19)23-20(25)21(12-4-3-5-13-21)16-6-9-18(10-7-16)24(26)27/h6-11,15H,2-5,12-14H2,1H3,(H,23,25). The molecule has 1 aliphatic carbocycles. The molecule has 7 nitrogen and oxygen atoms in total. The van der Waals surface area contributed by atoms with E-state index in [-0.39, 0.29) is 11.6 Å². The first-order valence-corrected chi connectivity index (χ1v) is 9.70. The molecule has 1 aliphatic rings. The third-order valence-corrected chi connectivity index (χ3v) is 5.22. The van der Waals surface area contributed by atoms with Crippen LogP contribution in [0.4, 0.5) is 11.4 Å². The van der Waals surface area contributed by atoms with Crippen LogP contribution < -0.4 is 10.1 Å². The number of carbonyl (C=O) groups is 1. The van der Waals surface area contributed by atoms with Crippen LogP contribution in [-0.2, 0) is 10.2 Å². The molecule has 7 heteroatoms. The van der Waals surface area contributed by atoms with Crippen molar-refractivity contribution in [3.63, 3.8) is 0 Å². The van der Waals surface area contributed by atoms with Gasteiger partial charge >= 0.3 is 0 Å². The number of nitro groups is 1. The summed E-state index contributed by atoms with van der Waals surface area (Å²) in [5.41, 5.74) is 0.791. The average Bonchev–Trinajstić information content (AvgIpc) is 2.73. The SMILES string of the molecule is CCCOc1ccc(NC(=O)C2(c3ccc([N+](=O)[O-])cc3)CCCCC2)cn1. The van der Waals surface area contributed by atoms with E-state index < -0.39 is 10.3 Å². The second-order valence-corrected chi connectivity index (χ2v) is 7.13. The summed E-state index contributed by atoms with van der Waals surface area (Å²) >= 11 is 0. The van der Waals surface area contributed by atoms with E-state index in [1.54, 1.807) is 30.5 Å². The Kier molecular flexibility index (Phi) is 6.23. The van der Waals surface area contributed by atoms with E-state index in [0.29, 0.717) is 18.2 Å². The van der Waals surface area contributed by atoms with Crippen molar-refractivity contribution in [2.75, 3.05) is 11.9 Å². The molecule has 0 radical (unpaired) electrons. The van der Waals surface area contributed by atoms with Crippen molar-refractivity contribution in [1.29, 1.82) is 0 Å². The van der Waals surface area contributed by atoms with Crippen molar-refractivity contribution >= 4 is 17.3 Å². The highest BCUT2D eigenvalue weighted by molar-refractivity contribution is 5.99. The number of rotatable bonds is 7. The van der Waals surface area contributed by atoms with Crippen LogP contribution in [0.1, 0.15) is 51.0 Å². The largest absolute Gasteiger partial charge is 0.478 e. The minimum atomic E-state index is -0.676. The minimum Gasteiger partial charge on any atom is -0.478 e. The summed E-state index contributed by atoms with van der Waals surface area (Å²) in [4.78, 5) is 28.0. The maximum Gasteiger partial charge on any atom is 0.269 e. The van der Waals surface area contributed by atoms with Gasteiger partial charge in [0.05, 0.1) is 28.8 Å². The normalized spacial score (nSPS) is 15.6. The zero-order valence-electron chi connectivity index (χ0n) is 16.0. The van der Waals surface area contributed by atoms with Crippen molar-refractivity contribution in [3.05, 3.63) is 58.3 Å². The first kappa shape index (κ1) is 19.8. The lowest BCUT2D eigenvalue weighted by Gasteiger charge is -2.36. The van der Waals surface area contributed by atoms with Crippen molar-refractivity contribution in [2.24, 2.45) is 0 Å². The molecular formula is C21H25N3O4. The summed E-state index contributed by atoms with van der Waals surface area (Å²) in [5, 5.41) is 13.9. The highest BCUT2D eigenvalue weighted by Crippen LogP contribution is 2.41. The molecule has 1 amide bonds. The number of nitrogens with one attached hydrogen (secondary N) is 1. The lowest BCUT2D eigenvalue weighted by molar-refractivity contribution is -0.384. The van der Waals surface area contributed by atoms with Crippen LogP contribution in [-0.4, -0.2) is 22.4 Å². The second kappa shape index (κ2) is 8.82. The van der Waals surface area contributed by atoms with Gasteiger partial charge in [-0.1, -0.05) is 38.3 Å². The Hall–Kier alpha value is -2.96. The second-order valence-electron chi connectivity index (χ2n) is 7.13. The summed E-state index contributed by atoms with van der Waals surface area (Å²) in [6.45, 7) is 2.62. The summed E-state index contributed by atoms with van der Waals surface area (Å²) in [6.07, 6.45) is 6.93. The van der Waals surface area contributed by atoms with E-state index in [9.17, 15) is 14.9 Å². The van der Waals surface area contributed by atoms with Gasteiger partial charge in [0.15, 0.2) is 0 Å². The highest BCUT2D eigenvalue weighted by atomic mass is 16.6. The van der Waals surface area contributed by atoms with Gasteiger partial charge in [-0.15, -0.1) is 0 Å². The number of pyridine rings is 1. The van der Waals surface area contributed by atoms with Crippen molar-refractivity contribution in [2.45, 2.75) is 50.9 Å². The lowest BCUT2D eigenvalue weighted by Crippen LogP contribution is -2.42. The number of hydrogen-bond donors (Lipinski definition) is 1. The van der Waals surface area contributed by atoms with E-state index in [1.807, 2.05) is 6.92 Å². The molecule has 1 aromatic heterocycles. The fraction of sp³-hybridized carbons (Fsp3) is 0.429. The number of carbonyl (C=O) groups excluding carboxylic acids is 1. The monoisotopic (exact) mass is 383 g/mol. The summed E-state index contributed by atoms with van der Waals surface area (Å²) in [6, 6.07) is 9.89. The van der Waals surface area contributed by atoms with Gasteiger partial charge in [-0.2, -0.15) is 0 Å². The topological polar surface area (TPSA) is 94.4 Å². The Labute approximate surface area is 164 Å². The number of benzene rings is 1. The fourth-order valence-corrected chi connectivity index (χ4v) is 3.70. The van der Waals surface area contributed by atoms with Crippen LogP contribution in [0.5, 0.6) is 5.88 Å². The smallest absolute Gasteiger partial charge is 0.269 e. The maximum atomic E-state index is 13.3. The molecule has 1 saturated carbocycles. The Bertz CT molecular complexity index is 813. The minimum absolute atomic E-state index is 0.0296. The van der Waals surface area contributed by atoms with Crippen molar-refractivity contribution < 1.29 is 14.5 Å². The van der Waals surface area contributed by atoms with Gasteiger partial charge in [-0.3, -0.25) is 14.9 Å². The van der Waals surface area contributed by atoms with E-state index in [0.717, 1.165) is 44.1 Å². The molecule has 1 aromatic carbocycles. The molecule has 148 valence electrons. The molecule has 3 rings (SSSR count). The van der Waals surface area contributed by atoms with E-state index >= 15 is 0 Å². The quantitative estimate of drug-likeness (QED) is 0.556. The summed E-state index contributed by atoms with van der Waals surface area (Å²) < 4.78 is 5.47. The number of hydrogen-bond acceptors (Lipinski definition) is 5. The number of amides is 1. The van der Waals surface area contributed by atoms with Gasteiger partial charge in [-0.05, 0) is 30.9 Å². The first-order valence-electron chi connectivity index (χ1n) is 9.70. The molecule has 0 bridgehead atoms. The molecule has 0 unspecified atom stereocenters. The Morgan fingerprint density at radius 2 is 1.89 bits per heavy atom. The van der Waals surface area contributed by atoms with E-state index in [2.05, 4.69) is 10.3 Å². The summed E-state index contributed by atoms with van der Waals surface area (Å²) in [7, 11) is 0. The number of nitrogens with zero attached hydrogens (tertiary/aromatic N) is 2. The molecule has 0 saturated heterocycles. The van der Waals surface area contributed by atoms with Gasteiger partial charge < -0.3 is 10.1 Å². The van der Waals surface area contributed by atoms with E-state index in [1.165, 1.54) is 12.1 Å². The van der Waals surface area contributed by atoms with Crippen LogP contribution in [0, 0.1) is 10.1 Å². The van der Waals surface area contributed by atoms with Crippen LogP contribution >= 0.6 is 0 Å². The highest BCUT2D eigenvalue weighted by Gasteiger charge is 2.41. The number of nitro benzene ring substituents is 1. The van der Waals surface area contributed by atoms with Gasteiger partial charge in [0.25, 0.3) is 5.69 Å². The van der Waals surface area contributed by atoms with Gasteiger partial charge in [0.2, 0.25) is 11.8 Å².